The minimum atomic E-state index is -0.437. The van der Waals surface area contributed by atoms with Gasteiger partial charge in [-0.05, 0) is 31.3 Å². The number of hydrogen-bond acceptors (Lipinski definition) is 3. The summed E-state index contributed by atoms with van der Waals surface area (Å²) in [6.07, 6.45) is 3.24. The van der Waals surface area contributed by atoms with Gasteiger partial charge in [0.15, 0.2) is 5.82 Å². The molecule has 5 nitrogen and oxygen atoms in total. The number of anilines is 1. The summed E-state index contributed by atoms with van der Waals surface area (Å²) >= 11 is 0. The molecule has 0 aliphatic carbocycles. The Labute approximate surface area is 141 Å². The van der Waals surface area contributed by atoms with E-state index >= 15 is 0 Å². The summed E-state index contributed by atoms with van der Waals surface area (Å²) in [6.45, 7) is 2.37. The second-order valence-electron chi connectivity index (χ2n) is 4.56. The van der Waals surface area contributed by atoms with E-state index in [1.54, 1.807) is 44.6 Å². The number of halogens is 3. The number of nitrogens with zero attached hydrogens (tertiary/aromatic N) is 2. The zero-order valence-corrected chi connectivity index (χ0v) is 13.9. The average molecular weight is 349 g/mol. The molecule has 2 N–H and O–H groups in total. The summed E-state index contributed by atoms with van der Waals surface area (Å²) in [5, 5.41) is 9.59. The number of aromatic nitrogens is 2. The van der Waals surface area contributed by atoms with Crippen LogP contribution >= 0.6 is 24.8 Å². The van der Waals surface area contributed by atoms with Crippen LogP contribution in [0.1, 0.15) is 6.92 Å². The molecule has 8 heteroatoms. The molecule has 1 aromatic carbocycles. The maximum Gasteiger partial charge on any atom is 0.228 e. The molecular weight excluding hydrogens is 330 g/mol. The number of amides is 1. The molecule has 1 amide bonds. The average Bonchev–Trinajstić information content (AvgIpc) is 2.93. The fourth-order valence-corrected chi connectivity index (χ4v) is 1.85. The van der Waals surface area contributed by atoms with Crippen molar-refractivity contribution in [2.75, 3.05) is 18.9 Å². The van der Waals surface area contributed by atoms with Gasteiger partial charge >= 0.3 is 0 Å². The highest BCUT2D eigenvalue weighted by Gasteiger charge is 2.13. The molecule has 0 bridgehead atoms. The fourth-order valence-electron chi connectivity index (χ4n) is 1.85. The Balaban J connectivity index is 0.00000220. The number of carbonyl (C=O) groups excluding carboxylic acids is 1. The molecule has 0 spiro atoms. The first-order chi connectivity index (χ1) is 9.61. The van der Waals surface area contributed by atoms with Crippen molar-refractivity contribution < 1.29 is 9.18 Å². The fraction of sp³-hybridized carbons (Fsp3) is 0.286. The molecule has 0 fully saturated rings. The molecule has 1 heterocycles. The normalized spacial score (nSPS) is 11.0. The third-order valence-corrected chi connectivity index (χ3v) is 2.92. The van der Waals surface area contributed by atoms with Crippen molar-refractivity contribution in [2.45, 2.75) is 6.92 Å². The molecule has 1 atom stereocenters. The zero-order chi connectivity index (χ0) is 14.5. The topological polar surface area (TPSA) is 59.0 Å². The van der Waals surface area contributed by atoms with E-state index in [1.165, 1.54) is 10.7 Å². The summed E-state index contributed by atoms with van der Waals surface area (Å²) in [6, 6.07) is 6.25. The van der Waals surface area contributed by atoms with Crippen LogP contribution in [0.2, 0.25) is 0 Å². The van der Waals surface area contributed by atoms with Crippen molar-refractivity contribution in [1.82, 2.24) is 15.1 Å². The summed E-state index contributed by atoms with van der Waals surface area (Å²) in [7, 11) is 1.78. The molecule has 2 aromatic rings. The lowest BCUT2D eigenvalue weighted by Gasteiger charge is -2.12. The van der Waals surface area contributed by atoms with E-state index < -0.39 is 5.82 Å². The first-order valence-electron chi connectivity index (χ1n) is 6.37. The molecule has 1 unspecified atom stereocenters. The van der Waals surface area contributed by atoms with Crippen LogP contribution in [0.25, 0.3) is 5.69 Å². The van der Waals surface area contributed by atoms with E-state index in [9.17, 15) is 9.18 Å². The maximum absolute atomic E-state index is 14.0. The van der Waals surface area contributed by atoms with Crippen LogP contribution in [0.4, 0.5) is 10.1 Å². The van der Waals surface area contributed by atoms with Crippen molar-refractivity contribution in [3.05, 3.63) is 42.5 Å². The Hall–Kier alpha value is -1.63. The first kappa shape index (κ1) is 20.4. The van der Waals surface area contributed by atoms with Gasteiger partial charge in [-0.15, -0.1) is 24.8 Å². The summed E-state index contributed by atoms with van der Waals surface area (Å²) in [4.78, 5) is 11.8. The van der Waals surface area contributed by atoms with Crippen molar-refractivity contribution >= 4 is 36.4 Å². The van der Waals surface area contributed by atoms with Gasteiger partial charge < -0.3 is 10.6 Å². The van der Waals surface area contributed by atoms with Gasteiger partial charge in [0.05, 0.1) is 0 Å². The number of rotatable bonds is 5. The smallest absolute Gasteiger partial charge is 0.228 e. The van der Waals surface area contributed by atoms with Crippen LogP contribution in [-0.2, 0) is 4.79 Å². The first-order valence-corrected chi connectivity index (χ1v) is 6.37. The molecule has 0 aliphatic heterocycles. The largest absolute Gasteiger partial charge is 0.326 e. The quantitative estimate of drug-likeness (QED) is 0.873. The molecule has 0 aliphatic rings. The van der Waals surface area contributed by atoms with Crippen LogP contribution in [0.5, 0.6) is 0 Å². The molecule has 22 heavy (non-hydrogen) atoms. The van der Waals surface area contributed by atoms with Crippen molar-refractivity contribution in [3.8, 4) is 5.69 Å². The highest BCUT2D eigenvalue weighted by atomic mass is 35.5. The number of nitrogens with one attached hydrogen (secondary N) is 2. The van der Waals surface area contributed by atoms with Gasteiger partial charge in [-0.3, -0.25) is 4.79 Å². The van der Waals surface area contributed by atoms with Gasteiger partial charge in [-0.2, -0.15) is 5.10 Å². The molecule has 2 rings (SSSR count). The standard InChI is InChI=1S/C14H17FN4O.2ClH/c1-10(9-16-2)14(20)18-11-4-5-13(12(15)8-11)19-7-3-6-17-19;;/h3-8,10,16H,9H2,1-2H3,(H,18,20);2*1H. The molecule has 1 aromatic heterocycles. The van der Waals surface area contributed by atoms with Crippen LogP contribution < -0.4 is 10.6 Å². The van der Waals surface area contributed by atoms with Crippen LogP contribution in [0.15, 0.2) is 36.7 Å². The minimum absolute atomic E-state index is 0. The second-order valence-corrected chi connectivity index (χ2v) is 4.56. The minimum Gasteiger partial charge on any atom is -0.326 e. The Morgan fingerprint density at radius 2 is 2.14 bits per heavy atom. The predicted molar refractivity (Wildman–Crippen MR) is 89.7 cm³/mol. The Bertz CT molecular complexity index is 593. The van der Waals surface area contributed by atoms with Crippen molar-refractivity contribution in [3.63, 3.8) is 0 Å². The van der Waals surface area contributed by atoms with E-state index in [-0.39, 0.29) is 36.6 Å². The highest BCUT2D eigenvalue weighted by molar-refractivity contribution is 5.92. The van der Waals surface area contributed by atoms with Crippen LogP contribution in [0, 0.1) is 11.7 Å². The SMILES string of the molecule is CNCC(C)C(=O)Nc1ccc(-n2cccn2)c(F)c1.Cl.Cl. The van der Waals surface area contributed by atoms with Gasteiger partial charge in [-0.25, -0.2) is 9.07 Å². The van der Waals surface area contributed by atoms with E-state index in [4.69, 9.17) is 0 Å². The van der Waals surface area contributed by atoms with E-state index in [0.29, 0.717) is 17.9 Å². The molecule has 0 saturated heterocycles. The van der Waals surface area contributed by atoms with Gasteiger partial charge in [0.1, 0.15) is 5.69 Å². The van der Waals surface area contributed by atoms with Crippen LogP contribution in [-0.4, -0.2) is 29.3 Å². The third-order valence-electron chi connectivity index (χ3n) is 2.92. The number of benzene rings is 1. The number of hydrogen-bond donors (Lipinski definition) is 2. The number of carbonyl (C=O) groups is 1. The zero-order valence-electron chi connectivity index (χ0n) is 12.2. The van der Waals surface area contributed by atoms with Gasteiger partial charge in [0, 0.05) is 30.5 Å². The summed E-state index contributed by atoms with van der Waals surface area (Å²) in [5.41, 5.74) is 0.780. The predicted octanol–water partition coefficient (Wildman–Crippen LogP) is 2.65. The lowest BCUT2D eigenvalue weighted by molar-refractivity contribution is -0.119. The molecule has 0 saturated carbocycles. The van der Waals surface area contributed by atoms with Gasteiger partial charge in [-0.1, -0.05) is 6.92 Å². The second kappa shape index (κ2) is 9.40. The lowest BCUT2D eigenvalue weighted by atomic mass is 10.1. The van der Waals surface area contributed by atoms with E-state index in [2.05, 4.69) is 15.7 Å². The monoisotopic (exact) mass is 348 g/mol. The highest BCUT2D eigenvalue weighted by Crippen LogP contribution is 2.18. The maximum atomic E-state index is 14.0. The third kappa shape index (κ3) is 4.98. The molecule has 122 valence electrons. The Morgan fingerprint density at radius 1 is 1.41 bits per heavy atom. The molecule has 0 radical (unpaired) electrons. The summed E-state index contributed by atoms with van der Waals surface area (Å²) in [5.74, 6) is -0.771. The molecular formula is C14H19Cl2FN4O. The van der Waals surface area contributed by atoms with Gasteiger partial charge in [0.25, 0.3) is 0 Å². The Kier molecular flexibility index (Phi) is 8.70. The van der Waals surface area contributed by atoms with E-state index in [0.717, 1.165) is 0 Å². The van der Waals surface area contributed by atoms with Gasteiger partial charge in [0.2, 0.25) is 5.91 Å². The van der Waals surface area contributed by atoms with Crippen molar-refractivity contribution in [2.24, 2.45) is 5.92 Å². The summed E-state index contributed by atoms with van der Waals surface area (Å²) < 4.78 is 15.4. The van der Waals surface area contributed by atoms with E-state index in [1.807, 2.05) is 0 Å². The van der Waals surface area contributed by atoms with Crippen molar-refractivity contribution in [1.29, 1.82) is 0 Å². The lowest BCUT2D eigenvalue weighted by Crippen LogP contribution is -2.28. The van der Waals surface area contributed by atoms with Crippen LogP contribution in [0.3, 0.4) is 0 Å². The Morgan fingerprint density at radius 3 is 2.68 bits per heavy atom.